The summed E-state index contributed by atoms with van der Waals surface area (Å²) < 4.78 is 21.2. The summed E-state index contributed by atoms with van der Waals surface area (Å²) in [7, 11) is 0. The number of nitrogens with one attached hydrogen (secondary N) is 2. The fraction of sp³-hybridized carbons (Fsp3) is 0.143. The fourth-order valence-electron chi connectivity index (χ4n) is 0.909. The smallest absolute Gasteiger partial charge is 0.259 e. The maximum absolute atomic E-state index is 10.3. The Morgan fingerprint density at radius 1 is 1.38 bits per heavy atom. The first-order valence-electron chi connectivity index (χ1n) is 3.62. The molecule has 0 saturated carbocycles. The van der Waals surface area contributed by atoms with Crippen LogP contribution in [0.5, 0.6) is 0 Å². The van der Waals surface area contributed by atoms with Gasteiger partial charge in [0.25, 0.3) is 11.3 Å². The molecule has 5 N–H and O–H groups in total. The van der Waals surface area contributed by atoms with Crippen molar-refractivity contribution in [2.24, 2.45) is 5.84 Å². The van der Waals surface area contributed by atoms with E-state index in [9.17, 15) is 4.21 Å². The monoisotopic (exact) mass is 201 g/mol. The zero-order chi connectivity index (χ0) is 9.68. The molecule has 0 aromatic heterocycles. The predicted octanol–water partition coefficient (Wildman–Crippen LogP) is 0.198. The maximum Gasteiger partial charge on any atom is 0.259 e. The van der Waals surface area contributed by atoms with Crippen molar-refractivity contribution in [2.45, 2.75) is 6.54 Å². The molecule has 1 unspecified atom stereocenters. The van der Waals surface area contributed by atoms with Gasteiger partial charge in [-0.2, -0.15) is 0 Å². The topological polar surface area (TPSA) is 87.4 Å². The van der Waals surface area contributed by atoms with Gasteiger partial charge in [0.05, 0.1) is 0 Å². The SMILES string of the molecule is NNCc1ccc(NS(=O)O)cc1. The van der Waals surface area contributed by atoms with Gasteiger partial charge in [-0.1, -0.05) is 12.1 Å². The lowest BCUT2D eigenvalue weighted by atomic mass is 10.2. The first-order chi connectivity index (χ1) is 6.22. The van der Waals surface area contributed by atoms with Crippen LogP contribution in [0.2, 0.25) is 0 Å². The number of nitrogens with two attached hydrogens (primary N) is 1. The lowest BCUT2D eigenvalue weighted by Crippen LogP contribution is -2.20. The van der Waals surface area contributed by atoms with Gasteiger partial charge < -0.3 is 0 Å². The molecule has 0 bridgehead atoms. The lowest BCUT2D eigenvalue weighted by Gasteiger charge is -2.02. The number of benzene rings is 1. The average molecular weight is 201 g/mol. The van der Waals surface area contributed by atoms with Gasteiger partial charge in [-0.15, -0.1) is 0 Å². The molecular weight excluding hydrogens is 190 g/mol. The Bertz CT molecular complexity index is 288. The highest BCUT2D eigenvalue weighted by atomic mass is 32.2. The molecule has 6 heteroatoms. The van der Waals surface area contributed by atoms with E-state index in [1.165, 1.54) is 0 Å². The Morgan fingerprint density at radius 2 is 2.00 bits per heavy atom. The molecule has 0 aliphatic carbocycles. The minimum absolute atomic E-state index is 0.572. The molecule has 5 nitrogen and oxygen atoms in total. The molecule has 0 heterocycles. The van der Waals surface area contributed by atoms with Crippen LogP contribution >= 0.6 is 0 Å². The molecule has 0 amide bonds. The van der Waals surface area contributed by atoms with E-state index in [1.807, 2.05) is 12.1 Å². The summed E-state index contributed by atoms with van der Waals surface area (Å²) in [5.74, 6) is 5.13. The molecular formula is C7H11N3O2S. The maximum atomic E-state index is 10.3. The summed E-state index contributed by atoms with van der Waals surface area (Å²) >= 11 is -2.02. The molecule has 1 aromatic carbocycles. The molecule has 13 heavy (non-hydrogen) atoms. The van der Waals surface area contributed by atoms with E-state index < -0.39 is 11.3 Å². The molecule has 1 aromatic rings. The van der Waals surface area contributed by atoms with Crippen LogP contribution in [0.3, 0.4) is 0 Å². The third kappa shape index (κ3) is 3.51. The summed E-state index contributed by atoms with van der Waals surface area (Å²) in [6.45, 7) is 0.572. The first-order valence-corrected chi connectivity index (χ1v) is 4.73. The Hall–Kier alpha value is -0.950. The van der Waals surface area contributed by atoms with Crippen LogP contribution in [-0.4, -0.2) is 8.76 Å². The summed E-state index contributed by atoms with van der Waals surface area (Å²) in [5.41, 5.74) is 4.12. The van der Waals surface area contributed by atoms with E-state index in [0.29, 0.717) is 12.2 Å². The van der Waals surface area contributed by atoms with Crippen molar-refractivity contribution in [2.75, 3.05) is 4.72 Å². The van der Waals surface area contributed by atoms with Crippen LogP contribution in [0.1, 0.15) is 5.56 Å². The van der Waals surface area contributed by atoms with Crippen LogP contribution < -0.4 is 16.0 Å². The van der Waals surface area contributed by atoms with Crippen molar-refractivity contribution >= 4 is 17.0 Å². The van der Waals surface area contributed by atoms with E-state index in [2.05, 4.69) is 10.1 Å². The molecule has 0 aliphatic rings. The van der Waals surface area contributed by atoms with Crippen molar-refractivity contribution in [1.82, 2.24) is 5.43 Å². The second-order valence-corrected chi connectivity index (χ2v) is 3.13. The number of hydrazine groups is 1. The minimum atomic E-state index is -2.02. The summed E-state index contributed by atoms with van der Waals surface area (Å²) in [6.07, 6.45) is 0. The van der Waals surface area contributed by atoms with Crippen molar-refractivity contribution in [3.8, 4) is 0 Å². The fourth-order valence-corrected chi connectivity index (χ4v) is 1.25. The molecule has 72 valence electrons. The van der Waals surface area contributed by atoms with E-state index >= 15 is 0 Å². The van der Waals surface area contributed by atoms with Gasteiger partial charge in [0, 0.05) is 12.2 Å². The van der Waals surface area contributed by atoms with E-state index in [4.69, 9.17) is 10.4 Å². The van der Waals surface area contributed by atoms with Crippen molar-refractivity contribution < 1.29 is 8.76 Å². The van der Waals surface area contributed by atoms with Crippen molar-refractivity contribution in [1.29, 1.82) is 0 Å². The molecule has 1 rings (SSSR count). The standard InChI is InChI=1S/C7H11N3O2S/c8-9-5-6-1-3-7(4-2-6)10-13(11)12/h1-4,9-10H,5,8H2,(H,11,12). The number of anilines is 1. The second kappa shape index (κ2) is 4.93. The summed E-state index contributed by atoms with van der Waals surface area (Å²) in [4.78, 5) is 0. The van der Waals surface area contributed by atoms with Gasteiger partial charge in [-0.25, -0.2) is 4.21 Å². The van der Waals surface area contributed by atoms with Crippen LogP contribution in [0.25, 0.3) is 0 Å². The Labute approximate surface area is 78.7 Å². The third-order valence-electron chi connectivity index (χ3n) is 1.47. The molecule has 0 saturated heterocycles. The van der Waals surface area contributed by atoms with Crippen LogP contribution in [0, 0.1) is 0 Å². The Balaban J connectivity index is 2.64. The third-order valence-corrected chi connectivity index (χ3v) is 1.88. The lowest BCUT2D eigenvalue weighted by molar-refractivity contribution is 0.570. The Kier molecular flexibility index (Phi) is 3.84. The Morgan fingerprint density at radius 3 is 2.46 bits per heavy atom. The van der Waals surface area contributed by atoms with E-state index in [0.717, 1.165) is 5.56 Å². The van der Waals surface area contributed by atoms with E-state index in [1.54, 1.807) is 12.1 Å². The van der Waals surface area contributed by atoms with E-state index in [-0.39, 0.29) is 0 Å². The molecule has 0 radical (unpaired) electrons. The minimum Gasteiger partial charge on any atom is -0.289 e. The van der Waals surface area contributed by atoms with Gasteiger partial charge >= 0.3 is 0 Å². The second-order valence-electron chi connectivity index (χ2n) is 2.43. The van der Waals surface area contributed by atoms with Gasteiger partial charge in [0.15, 0.2) is 0 Å². The number of rotatable bonds is 4. The number of hydrogen-bond acceptors (Lipinski definition) is 3. The van der Waals surface area contributed by atoms with Crippen LogP contribution in [0.15, 0.2) is 24.3 Å². The molecule has 1 atom stereocenters. The van der Waals surface area contributed by atoms with Gasteiger partial charge in [-0.05, 0) is 17.7 Å². The highest BCUT2D eigenvalue weighted by molar-refractivity contribution is 7.80. The van der Waals surface area contributed by atoms with Crippen LogP contribution in [0.4, 0.5) is 5.69 Å². The van der Waals surface area contributed by atoms with Crippen molar-refractivity contribution in [3.63, 3.8) is 0 Å². The molecule has 0 fully saturated rings. The van der Waals surface area contributed by atoms with Gasteiger partial charge in [0.2, 0.25) is 0 Å². The van der Waals surface area contributed by atoms with Crippen molar-refractivity contribution in [3.05, 3.63) is 29.8 Å². The average Bonchev–Trinajstić information content (AvgIpc) is 2.08. The highest BCUT2D eigenvalue weighted by Crippen LogP contribution is 2.09. The van der Waals surface area contributed by atoms with Gasteiger partial charge in [0.1, 0.15) is 0 Å². The normalized spacial score (nSPS) is 12.5. The van der Waals surface area contributed by atoms with Gasteiger partial charge in [-0.3, -0.25) is 20.5 Å². The summed E-state index contributed by atoms with van der Waals surface area (Å²) in [5, 5.41) is 0. The first kappa shape index (κ1) is 10.1. The highest BCUT2D eigenvalue weighted by Gasteiger charge is 1.95. The zero-order valence-electron chi connectivity index (χ0n) is 6.86. The predicted molar refractivity (Wildman–Crippen MR) is 51.9 cm³/mol. The molecule has 0 spiro atoms. The summed E-state index contributed by atoms with van der Waals surface area (Å²) in [6, 6.07) is 7.05. The zero-order valence-corrected chi connectivity index (χ0v) is 7.67. The van der Waals surface area contributed by atoms with Crippen LogP contribution in [-0.2, 0) is 17.8 Å². The molecule has 0 aliphatic heterocycles. The largest absolute Gasteiger partial charge is 0.289 e. The number of hydrogen-bond donors (Lipinski definition) is 4. The quantitative estimate of drug-likeness (QED) is 0.318.